The fourth-order valence-corrected chi connectivity index (χ4v) is 2.45. The van der Waals surface area contributed by atoms with E-state index in [-0.39, 0.29) is 13.2 Å². The maximum absolute atomic E-state index is 9.11. The maximum Gasteiger partial charge on any atom is 0.100 e. The van der Waals surface area contributed by atoms with Crippen LogP contribution in [0.3, 0.4) is 0 Å². The number of ether oxygens (including phenoxy) is 1. The molecule has 0 heterocycles. The Morgan fingerprint density at radius 1 is 0.792 bits per heavy atom. The number of hydrogen-bond donors (Lipinski definition) is 2. The largest absolute Gasteiger partial charge is 0.394 e. The van der Waals surface area contributed by atoms with Gasteiger partial charge >= 0.3 is 0 Å². The van der Waals surface area contributed by atoms with Gasteiger partial charge < -0.3 is 14.9 Å². The summed E-state index contributed by atoms with van der Waals surface area (Å²) in [6.45, 7) is 2.95. The van der Waals surface area contributed by atoms with Crippen molar-refractivity contribution in [2.75, 3.05) is 19.8 Å². The highest BCUT2D eigenvalue weighted by Gasteiger charge is 2.00. The van der Waals surface area contributed by atoms with Crippen molar-refractivity contribution in [3.63, 3.8) is 0 Å². The second kappa shape index (κ2) is 20.4. The SMILES string of the molecule is CCCCC=CCC=CCCCCCCCCCOCC(O)CO. The van der Waals surface area contributed by atoms with Gasteiger partial charge in [0, 0.05) is 6.61 Å². The number of aliphatic hydroxyl groups is 2. The Hall–Kier alpha value is -0.640. The molecule has 0 amide bonds. The molecule has 0 aromatic heterocycles. The van der Waals surface area contributed by atoms with E-state index >= 15 is 0 Å². The molecule has 0 bridgehead atoms. The summed E-state index contributed by atoms with van der Waals surface area (Å²) in [5, 5.41) is 17.8. The molecular formula is C21H40O3. The Bertz CT molecular complexity index is 287. The van der Waals surface area contributed by atoms with Gasteiger partial charge in [-0.05, 0) is 32.1 Å². The zero-order valence-corrected chi connectivity index (χ0v) is 15.8. The van der Waals surface area contributed by atoms with E-state index in [1.165, 1.54) is 64.2 Å². The summed E-state index contributed by atoms with van der Waals surface area (Å²) in [6, 6.07) is 0. The zero-order chi connectivity index (χ0) is 17.7. The Balaban J connectivity index is 3.13. The van der Waals surface area contributed by atoms with E-state index in [2.05, 4.69) is 31.2 Å². The number of hydrogen-bond acceptors (Lipinski definition) is 3. The van der Waals surface area contributed by atoms with Crippen molar-refractivity contribution in [3.05, 3.63) is 24.3 Å². The minimum absolute atomic E-state index is 0.217. The van der Waals surface area contributed by atoms with Crippen LogP contribution in [0, 0.1) is 0 Å². The summed E-state index contributed by atoms with van der Waals surface area (Å²) in [7, 11) is 0. The van der Waals surface area contributed by atoms with Crippen LogP contribution in [0.1, 0.15) is 84.0 Å². The molecule has 0 aliphatic heterocycles. The lowest BCUT2D eigenvalue weighted by atomic mass is 10.1. The van der Waals surface area contributed by atoms with Gasteiger partial charge in [0.1, 0.15) is 6.10 Å². The molecular weight excluding hydrogens is 300 g/mol. The average molecular weight is 341 g/mol. The summed E-state index contributed by atoms with van der Waals surface area (Å²) in [4.78, 5) is 0. The summed E-state index contributed by atoms with van der Waals surface area (Å²) >= 11 is 0. The van der Waals surface area contributed by atoms with Crippen molar-refractivity contribution in [2.45, 2.75) is 90.1 Å². The quantitative estimate of drug-likeness (QED) is 0.267. The minimum atomic E-state index is -0.726. The average Bonchev–Trinajstić information content (AvgIpc) is 2.60. The molecule has 0 aromatic carbocycles. The lowest BCUT2D eigenvalue weighted by molar-refractivity contribution is 0.00526. The van der Waals surface area contributed by atoms with E-state index in [9.17, 15) is 0 Å². The second-order valence-corrected chi connectivity index (χ2v) is 6.50. The van der Waals surface area contributed by atoms with Crippen molar-refractivity contribution >= 4 is 0 Å². The normalized spacial score (nSPS) is 13.3. The van der Waals surface area contributed by atoms with Crippen molar-refractivity contribution in [1.82, 2.24) is 0 Å². The van der Waals surface area contributed by atoms with Crippen LogP contribution >= 0.6 is 0 Å². The third-order valence-electron chi connectivity index (χ3n) is 4.01. The minimum Gasteiger partial charge on any atom is -0.394 e. The number of unbranched alkanes of at least 4 members (excludes halogenated alkanes) is 9. The van der Waals surface area contributed by atoms with Gasteiger partial charge in [-0.2, -0.15) is 0 Å². The first-order valence-corrected chi connectivity index (χ1v) is 9.98. The van der Waals surface area contributed by atoms with Crippen molar-refractivity contribution in [2.24, 2.45) is 0 Å². The van der Waals surface area contributed by atoms with Crippen LogP contribution in [0.5, 0.6) is 0 Å². The molecule has 1 atom stereocenters. The standard InChI is InChI=1S/C21H40O3/c1-2-3-4-5-6-7-8-9-10-11-12-13-14-15-16-17-18-24-20-21(23)19-22/h5-6,8-9,21-23H,2-4,7,10-20H2,1H3. The topological polar surface area (TPSA) is 49.7 Å². The molecule has 1 unspecified atom stereocenters. The van der Waals surface area contributed by atoms with Crippen molar-refractivity contribution in [1.29, 1.82) is 0 Å². The molecule has 0 spiro atoms. The van der Waals surface area contributed by atoms with Crippen LogP contribution < -0.4 is 0 Å². The fourth-order valence-electron chi connectivity index (χ4n) is 2.45. The molecule has 0 saturated carbocycles. The summed E-state index contributed by atoms with van der Waals surface area (Å²) in [5.74, 6) is 0. The number of rotatable bonds is 18. The number of allylic oxidation sites excluding steroid dienone is 4. The van der Waals surface area contributed by atoms with Gasteiger partial charge in [-0.15, -0.1) is 0 Å². The fraction of sp³-hybridized carbons (Fsp3) is 0.810. The Morgan fingerprint density at radius 2 is 1.38 bits per heavy atom. The second-order valence-electron chi connectivity index (χ2n) is 6.50. The van der Waals surface area contributed by atoms with Gasteiger partial charge in [0.05, 0.1) is 13.2 Å². The first-order chi connectivity index (χ1) is 11.8. The molecule has 0 aromatic rings. The zero-order valence-electron chi connectivity index (χ0n) is 15.8. The number of aliphatic hydroxyl groups excluding tert-OH is 2. The molecule has 0 saturated heterocycles. The van der Waals surface area contributed by atoms with Crippen LogP contribution in [-0.4, -0.2) is 36.1 Å². The molecule has 0 aliphatic carbocycles. The lowest BCUT2D eigenvalue weighted by Crippen LogP contribution is -2.19. The maximum atomic E-state index is 9.11. The van der Waals surface area contributed by atoms with Gasteiger partial charge in [-0.1, -0.05) is 76.2 Å². The van der Waals surface area contributed by atoms with E-state index in [0.717, 1.165) is 12.8 Å². The van der Waals surface area contributed by atoms with E-state index in [1.807, 2.05) is 0 Å². The molecule has 0 radical (unpaired) electrons. The van der Waals surface area contributed by atoms with Crippen LogP contribution in [-0.2, 0) is 4.74 Å². The lowest BCUT2D eigenvalue weighted by Gasteiger charge is -2.07. The van der Waals surface area contributed by atoms with Gasteiger partial charge in [0.15, 0.2) is 0 Å². The molecule has 2 N–H and O–H groups in total. The highest BCUT2D eigenvalue weighted by Crippen LogP contribution is 2.09. The Labute approximate surface area is 149 Å². The van der Waals surface area contributed by atoms with E-state index < -0.39 is 6.10 Å². The smallest absolute Gasteiger partial charge is 0.100 e. The van der Waals surface area contributed by atoms with Crippen LogP contribution in [0.2, 0.25) is 0 Å². The summed E-state index contributed by atoms with van der Waals surface area (Å²) in [6.07, 6.45) is 23.3. The molecule has 3 nitrogen and oxygen atoms in total. The molecule has 3 heteroatoms. The Kier molecular flexibility index (Phi) is 19.9. The summed E-state index contributed by atoms with van der Waals surface area (Å²) in [5.41, 5.74) is 0. The third-order valence-corrected chi connectivity index (χ3v) is 4.01. The van der Waals surface area contributed by atoms with Crippen molar-refractivity contribution < 1.29 is 14.9 Å². The molecule has 142 valence electrons. The van der Waals surface area contributed by atoms with Crippen molar-refractivity contribution in [3.8, 4) is 0 Å². The Morgan fingerprint density at radius 3 is 2.00 bits per heavy atom. The predicted molar refractivity (Wildman–Crippen MR) is 103 cm³/mol. The highest BCUT2D eigenvalue weighted by atomic mass is 16.5. The van der Waals surface area contributed by atoms with Gasteiger partial charge in [0.2, 0.25) is 0 Å². The van der Waals surface area contributed by atoms with Gasteiger partial charge in [0.25, 0.3) is 0 Å². The molecule has 0 fully saturated rings. The summed E-state index contributed by atoms with van der Waals surface area (Å²) < 4.78 is 5.28. The first kappa shape index (κ1) is 23.4. The molecule has 24 heavy (non-hydrogen) atoms. The van der Waals surface area contributed by atoms with Gasteiger partial charge in [-0.25, -0.2) is 0 Å². The van der Waals surface area contributed by atoms with E-state index in [0.29, 0.717) is 6.61 Å². The molecule has 0 aliphatic rings. The third kappa shape index (κ3) is 19.4. The van der Waals surface area contributed by atoms with Gasteiger partial charge in [-0.3, -0.25) is 0 Å². The monoisotopic (exact) mass is 340 g/mol. The van der Waals surface area contributed by atoms with E-state index in [4.69, 9.17) is 14.9 Å². The van der Waals surface area contributed by atoms with Crippen LogP contribution in [0.15, 0.2) is 24.3 Å². The van der Waals surface area contributed by atoms with Crippen LogP contribution in [0.4, 0.5) is 0 Å². The predicted octanol–water partition coefficient (Wildman–Crippen LogP) is 5.17. The van der Waals surface area contributed by atoms with Crippen LogP contribution in [0.25, 0.3) is 0 Å². The first-order valence-electron chi connectivity index (χ1n) is 9.98. The van der Waals surface area contributed by atoms with E-state index in [1.54, 1.807) is 0 Å². The highest BCUT2D eigenvalue weighted by molar-refractivity contribution is 4.92. The molecule has 0 rings (SSSR count).